The molecule has 0 radical (unpaired) electrons. The van der Waals surface area contributed by atoms with E-state index in [9.17, 15) is 0 Å². The van der Waals surface area contributed by atoms with Crippen LogP contribution in [0.4, 0.5) is 11.5 Å². The molecule has 0 aromatic carbocycles. The molecule has 1 heterocycles. The fraction of sp³-hybridized carbons (Fsp3) is 0.300. The zero-order valence-corrected chi connectivity index (χ0v) is 9.34. The predicted molar refractivity (Wildman–Crippen MR) is 62.9 cm³/mol. The van der Waals surface area contributed by atoms with Crippen molar-refractivity contribution in [3.05, 3.63) is 16.7 Å². The van der Waals surface area contributed by atoms with Crippen LogP contribution in [0, 0.1) is 12.3 Å². The van der Waals surface area contributed by atoms with E-state index in [-0.39, 0.29) is 0 Å². The van der Waals surface area contributed by atoms with Gasteiger partial charge in [0.1, 0.15) is 5.82 Å². The van der Waals surface area contributed by atoms with Crippen molar-refractivity contribution < 1.29 is 0 Å². The molecule has 1 rings (SSSR count). The summed E-state index contributed by atoms with van der Waals surface area (Å²) in [5.41, 5.74) is 6.38. The highest BCUT2D eigenvalue weighted by Gasteiger charge is 1.99. The number of unbranched alkanes of at least 4 members (excludes halogenated alkanes) is 1. The third-order valence-electron chi connectivity index (χ3n) is 1.67. The van der Waals surface area contributed by atoms with Crippen LogP contribution in [0.1, 0.15) is 12.8 Å². The number of nitrogens with two attached hydrogens (primary N) is 1. The van der Waals surface area contributed by atoms with Gasteiger partial charge in [0.05, 0.1) is 5.69 Å². The summed E-state index contributed by atoms with van der Waals surface area (Å²) in [6.07, 6.45) is 8.53. The Morgan fingerprint density at radius 1 is 1.64 bits per heavy atom. The van der Waals surface area contributed by atoms with Crippen molar-refractivity contribution in [3.8, 4) is 12.3 Å². The van der Waals surface area contributed by atoms with Crippen molar-refractivity contribution in [2.45, 2.75) is 12.8 Å². The molecule has 0 amide bonds. The van der Waals surface area contributed by atoms with Gasteiger partial charge in [-0.2, -0.15) is 0 Å². The van der Waals surface area contributed by atoms with Crippen molar-refractivity contribution in [2.75, 3.05) is 17.6 Å². The van der Waals surface area contributed by atoms with Crippen LogP contribution in [-0.4, -0.2) is 11.5 Å². The van der Waals surface area contributed by atoms with Gasteiger partial charge in [-0.3, -0.25) is 0 Å². The van der Waals surface area contributed by atoms with Crippen molar-refractivity contribution in [2.24, 2.45) is 0 Å². The molecule has 0 saturated carbocycles. The molecule has 1 aromatic heterocycles. The maximum atomic E-state index is 5.74. The minimum atomic E-state index is 0.639. The number of terminal acetylenes is 1. The number of anilines is 2. The van der Waals surface area contributed by atoms with E-state index < -0.39 is 0 Å². The first-order chi connectivity index (χ1) is 6.74. The topological polar surface area (TPSA) is 50.9 Å². The van der Waals surface area contributed by atoms with E-state index in [1.54, 1.807) is 6.20 Å². The van der Waals surface area contributed by atoms with E-state index >= 15 is 0 Å². The predicted octanol–water partition coefficient (Wildman–Crippen LogP) is 2.25. The summed E-state index contributed by atoms with van der Waals surface area (Å²) in [6, 6.07) is 1.82. The molecule has 3 N–H and O–H groups in total. The number of nitrogen functional groups attached to an aromatic ring is 1. The molecular formula is C10H12BrN3. The molecule has 14 heavy (non-hydrogen) atoms. The standard InChI is InChI=1S/C10H12BrN3/c1-2-3-4-5-13-10-9(12)6-8(11)7-14-10/h1,6-7H,3-5,12H2,(H,13,14). The van der Waals surface area contributed by atoms with Gasteiger partial charge >= 0.3 is 0 Å². The third-order valence-corrected chi connectivity index (χ3v) is 2.11. The fourth-order valence-corrected chi connectivity index (χ4v) is 1.35. The molecule has 0 spiro atoms. The third kappa shape index (κ3) is 3.27. The van der Waals surface area contributed by atoms with Crippen LogP contribution in [0.2, 0.25) is 0 Å². The Labute approximate surface area is 92.2 Å². The van der Waals surface area contributed by atoms with E-state index in [4.69, 9.17) is 12.2 Å². The van der Waals surface area contributed by atoms with Crippen LogP contribution in [0.15, 0.2) is 16.7 Å². The van der Waals surface area contributed by atoms with Crippen LogP contribution in [0.3, 0.4) is 0 Å². The highest BCUT2D eigenvalue weighted by atomic mass is 79.9. The number of nitrogens with zero attached hydrogens (tertiary/aromatic N) is 1. The zero-order valence-electron chi connectivity index (χ0n) is 7.76. The number of aromatic nitrogens is 1. The smallest absolute Gasteiger partial charge is 0.149 e. The second-order valence-electron chi connectivity index (χ2n) is 2.83. The van der Waals surface area contributed by atoms with Crippen LogP contribution in [-0.2, 0) is 0 Å². The molecule has 0 aliphatic rings. The lowest BCUT2D eigenvalue weighted by Gasteiger charge is -2.06. The van der Waals surface area contributed by atoms with Gasteiger partial charge in [0.15, 0.2) is 0 Å². The average molecular weight is 254 g/mol. The molecule has 0 unspecified atom stereocenters. The maximum absolute atomic E-state index is 5.74. The van der Waals surface area contributed by atoms with Gasteiger partial charge in [-0.15, -0.1) is 12.3 Å². The van der Waals surface area contributed by atoms with Crippen LogP contribution >= 0.6 is 15.9 Å². The lowest BCUT2D eigenvalue weighted by Crippen LogP contribution is -2.05. The summed E-state index contributed by atoms with van der Waals surface area (Å²) in [7, 11) is 0. The Balaban J connectivity index is 2.47. The lowest BCUT2D eigenvalue weighted by molar-refractivity contribution is 0.902. The normalized spacial score (nSPS) is 9.43. The van der Waals surface area contributed by atoms with E-state index in [1.165, 1.54) is 0 Å². The van der Waals surface area contributed by atoms with Gasteiger partial charge in [0.25, 0.3) is 0 Å². The monoisotopic (exact) mass is 253 g/mol. The fourth-order valence-electron chi connectivity index (χ4n) is 1.000. The Kier molecular flexibility index (Phi) is 4.27. The van der Waals surface area contributed by atoms with Crippen LogP contribution < -0.4 is 11.1 Å². The molecule has 4 heteroatoms. The van der Waals surface area contributed by atoms with Crippen molar-refractivity contribution >= 4 is 27.4 Å². The van der Waals surface area contributed by atoms with Crippen molar-refractivity contribution in [1.82, 2.24) is 4.98 Å². The summed E-state index contributed by atoms with van der Waals surface area (Å²) in [4.78, 5) is 4.14. The Hall–Kier alpha value is -1.21. The summed E-state index contributed by atoms with van der Waals surface area (Å²) in [5.74, 6) is 3.29. The van der Waals surface area contributed by atoms with Gasteiger partial charge in [-0.05, 0) is 28.4 Å². The average Bonchev–Trinajstić information content (AvgIpc) is 2.15. The highest BCUT2D eigenvalue weighted by molar-refractivity contribution is 9.10. The lowest BCUT2D eigenvalue weighted by atomic mass is 10.3. The second kappa shape index (κ2) is 5.51. The van der Waals surface area contributed by atoms with Gasteiger partial charge in [0, 0.05) is 23.6 Å². The number of hydrogen-bond donors (Lipinski definition) is 2. The van der Waals surface area contributed by atoms with E-state index in [1.807, 2.05) is 6.07 Å². The molecule has 0 bridgehead atoms. The number of nitrogens with one attached hydrogen (secondary N) is 1. The number of halogens is 1. The van der Waals surface area contributed by atoms with Crippen LogP contribution in [0.25, 0.3) is 0 Å². The first kappa shape index (κ1) is 10.9. The molecule has 0 aliphatic heterocycles. The quantitative estimate of drug-likeness (QED) is 0.640. The van der Waals surface area contributed by atoms with Gasteiger partial charge in [-0.25, -0.2) is 4.98 Å². The molecule has 1 aromatic rings. The minimum absolute atomic E-state index is 0.639. The van der Waals surface area contributed by atoms with Gasteiger partial charge in [0.2, 0.25) is 0 Å². The second-order valence-corrected chi connectivity index (χ2v) is 3.74. The molecule has 0 aliphatic carbocycles. The zero-order chi connectivity index (χ0) is 10.4. The summed E-state index contributed by atoms with van der Waals surface area (Å²) < 4.78 is 0.879. The maximum Gasteiger partial charge on any atom is 0.149 e. The highest BCUT2D eigenvalue weighted by Crippen LogP contribution is 2.19. The first-order valence-corrected chi connectivity index (χ1v) is 5.11. The molecule has 0 fully saturated rings. The molecule has 3 nitrogen and oxygen atoms in total. The van der Waals surface area contributed by atoms with Crippen molar-refractivity contribution in [1.29, 1.82) is 0 Å². The Morgan fingerprint density at radius 3 is 3.07 bits per heavy atom. The number of hydrogen-bond acceptors (Lipinski definition) is 3. The molecule has 74 valence electrons. The SMILES string of the molecule is C#CCCCNc1ncc(Br)cc1N. The Bertz CT molecular complexity index is 344. The number of rotatable bonds is 4. The summed E-state index contributed by atoms with van der Waals surface area (Å²) in [6.45, 7) is 0.795. The first-order valence-electron chi connectivity index (χ1n) is 4.32. The van der Waals surface area contributed by atoms with Crippen molar-refractivity contribution in [3.63, 3.8) is 0 Å². The largest absolute Gasteiger partial charge is 0.396 e. The van der Waals surface area contributed by atoms with Gasteiger partial charge < -0.3 is 11.1 Å². The summed E-state index contributed by atoms with van der Waals surface area (Å²) in [5, 5.41) is 3.12. The van der Waals surface area contributed by atoms with Gasteiger partial charge in [-0.1, -0.05) is 0 Å². The van der Waals surface area contributed by atoms with E-state index in [0.29, 0.717) is 11.5 Å². The van der Waals surface area contributed by atoms with Crippen LogP contribution in [0.5, 0.6) is 0 Å². The Morgan fingerprint density at radius 2 is 2.43 bits per heavy atom. The molecule has 0 saturated heterocycles. The van der Waals surface area contributed by atoms with E-state index in [2.05, 4.69) is 32.2 Å². The molecular weight excluding hydrogens is 242 g/mol. The summed E-state index contributed by atoms with van der Waals surface area (Å²) >= 11 is 3.29. The molecule has 0 atom stereocenters. The minimum Gasteiger partial charge on any atom is -0.396 e. The number of pyridine rings is 1. The van der Waals surface area contributed by atoms with E-state index in [0.717, 1.165) is 23.9 Å².